The molecular formula is C21H13F9N4O2. The van der Waals surface area contributed by atoms with Crippen molar-refractivity contribution >= 4 is 23.6 Å². The van der Waals surface area contributed by atoms with Crippen molar-refractivity contribution in [1.29, 1.82) is 0 Å². The van der Waals surface area contributed by atoms with Crippen molar-refractivity contribution < 1.29 is 49.4 Å². The summed E-state index contributed by atoms with van der Waals surface area (Å²) in [5.74, 6) is -1.84. The number of rotatable bonds is 6. The van der Waals surface area contributed by atoms with E-state index in [-0.39, 0.29) is 24.0 Å². The molecule has 15 heteroatoms. The van der Waals surface area contributed by atoms with Gasteiger partial charge in [0.2, 0.25) is 0 Å². The molecule has 1 atom stereocenters. The number of halogens is 9. The van der Waals surface area contributed by atoms with Crippen LogP contribution in [-0.4, -0.2) is 39.1 Å². The fourth-order valence-corrected chi connectivity index (χ4v) is 3.07. The molecule has 192 valence electrons. The van der Waals surface area contributed by atoms with Gasteiger partial charge in [0.1, 0.15) is 17.1 Å². The summed E-state index contributed by atoms with van der Waals surface area (Å²) in [7, 11) is 0. The lowest BCUT2D eigenvalue weighted by atomic mass is 10.0. The molecular weight excluding hydrogens is 511 g/mol. The monoisotopic (exact) mass is 524 g/mol. The Morgan fingerprint density at radius 3 is 1.97 bits per heavy atom. The number of hydrogen-bond acceptors (Lipinski definition) is 5. The number of aliphatic carboxylic acids is 1. The van der Waals surface area contributed by atoms with Crippen molar-refractivity contribution in [3.8, 4) is 0 Å². The summed E-state index contributed by atoms with van der Waals surface area (Å²) in [4.78, 5) is 25.1. The minimum atomic E-state index is -5.15. The minimum Gasteiger partial charge on any atom is -0.478 e. The number of alkyl halides is 9. The van der Waals surface area contributed by atoms with Crippen LogP contribution in [0, 0.1) is 0 Å². The van der Waals surface area contributed by atoms with Gasteiger partial charge in [-0.3, -0.25) is 9.98 Å². The third-order valence-corrected chi connectivity index (χ3v) is 4.73. The Kier molecular flexibility index (Phi) is 7.22. The highest BCUT2D eigenvalue weighted by Crippen LogP contribution is 2.34. The van der Waals surface area contributed by atoms with E-state index in [1.54, 1.807) is 0 Å². The van der Waals surface area contributed by atoms with Crippen LogP contribution in [0.1, 0.15) is 41.1 Å². The SMILES string of the molecule is O=C(O)/C(=C/CCC1C=NC(c2cc(C(F)(F)F)nc(C(F)(F)F)c2)=N1)c1ccc(C(F)(F)F)nc1. The van der Waals surface area contributed by atoms with Crippen LogP contribution in [0.25, 0.3) is 5.57 Å². The molecule has 1 aliphatic rings. The van der Waals surface area contributed by atoms with Crippen molar-refractivity contribution in [2.75, 3.05) is 0 Å². The molecule has 0 aromatic carbocycles. The fourth-order valence-electron chi connectivity index (χ4n) is 3.07. The maximum atomic E-state index is 13.0. The second-order valence-electron chi connectivity index (χ2n) is 7.35. The Balaban J connectivity index is 1.78. The molecule has 0 amide bonds. The van der Waals surface area contributed by atoms with Gasteiger partial charge >= 0.3 is 24.5 Å². The molecule has 6 nitrogen and oxygen atoms in total. The number of aromatic nitrogens is 2. The summed E-state index contributed by atoms with van der Waals surface area (Å²) in [5, 5.41) is 9.36. The lowest BCUT2D eigenvalue weighted by molar-refractivity contribution is -0.150. The highest BCUT2D eigenvalue weighted by atomic mass is 19.4. The molecule has 0 fully saturated rings. The Morgan fingerprint density at radius 2 is 1.50 bits per heavy atom. The van der Waals surface area contributed by atoms with E-state index < -0.39 is 59.0 Å². The van der Waals surface area contributed by atoms with Gasteiger partial charge in [-0.05, 0) is 31.0 Å². The molecule has 1 aliphatic heterocycles. The number of aliphatic imine (C=N–C) groups is 2. The lowest BCUT2D eigenvalue weighted by Gasteiger charge is -2.12. The average Bonchev–Trinajstić information content (AvgIpc) is 3.23. The smallest absolute Gasteiger partial charge is 0.433 e. The number of allylic oxidation sites excluding steroid dienone is 1. The molecule has 0 saturated heterocycles. The predicted octanol–water partition coefficient (Wildman–Crippen LogP) is 5.68. The zero-order chi connectivity index (χ0) is 26.9. The molecule has 0 spiro atoms. The standard InChI is InChI=1S/C21H13F9N4O2/c22-19(23,24)14-5-4-10(8-31-14)13(18(35)36)3-1-2-12-9-32-17(33-12)11-6-15(20(25,26)27)34-16(7-11)21(28,29)30/h3-9,12H,1-2H2,(H,35,36)/b13-3+. The summed E-state index contributed by atoms with van der Waals surface area (Å²) < 4.78 is 116. The van der Waals surface area contributed by atoms with Crippen LogP contribution >= 0.6 is 0 Å². The van der Waals surface area contributed by atoms with Crippen LogP contribution < -0.4 is 0 Å². The quantitative estimate of drug-likeness (QED) is 0.389. The largest absolute Gasteiger partial charge is 0.478 e. The third kappa shape index (κ3) is 6.46. The zero-order valence-corrected chi connectivity index (χ0v) is 17.6. The summed E-state index contributed by atoms with van der Waals surface area (Å²) in [6.45, 7) is 0. The van der Waals surface area contributed by atoms with Gasteiger partial charge in [0.05, 0.1) is 11.6 Å². The number of nitrogens with zero attached hydrogens (tertiary/aromatic N) is 4. The van der Waals surface area contributed by atoms with Gasteiger partial charge in [-0.1, -0.05) is 12.1 Å². The van der Waals surface area contributed by atoms with E-state index in [0.717, 1.165) is 12.3 Å². The average molecular weight is 524 g/mol. The highest BCUT2D eigenvalue weighted by Gasteiger charge is 2.39. The van der Waals surface area contributed by atoms with Crippen molar-refractivity contribution in [3.63, 3.8) is 0 Å². The number of carboxylic acids is 1. The molecule has 0 saturated carbocycles. The molecule has 36 heavy (non-hydrogen) atoms. The van der Waals surface area contributed by atoms with E-state index in [9.17, 15) is 49.4 Å². The van der Waals surface area contributed by atoms with E-state index in [2.05, 4.69) is 20.0 Å². The number of carbonyl (C=O) groups is 1. The molecule has 0 aliphatic carbocycles. The maximum absolute atomic E-state index is 13.0. The molecule has 0 radical (unpaired) electrons. The molecule has 3 heterocycles. The highest BCUT2D eigenvalue weighted by molar-refractivity contribution is 6.15. The maximum Gasteiger partial charge on any atom is 0.433 e. The van der Waals surface area contributed by atoms with Gasteiger partial charge in [0, 0.05) is 23.5 Å². The molecule has 0 bridgehead atoms. The van der Waals surface area contributed by atoms with Crippen molar-refractivity contribution in [2.24, 2.45) is 9.98 Å². The Morgan fingerprint density at radius 1 is 0.917 bits per heavy atom. The van der Waals surface area contributed by atoms with Crippen LogP contribution in [0.4, 0.5) is 39.5 Å². The summed E-state index contributed by atoms with van der Waals surface area (Å²) in [6, 6.07) is 1.52. The van der Waals surface area contributed by atoms with E-state index >= 15 is 0 Å². The Labute approximate surface area is 195 Å². The predicted molar refractivity (Wildman–Crippen MR) is 107 cm³/mol. The summed E-state index contributed by atoms with van der Waals surface area (Å²) >= 11 is 0. The fraction of sp³-hybridized carbons (Fsp3) is 0.286. The van der Waals surface area contributed by atoms with Gasteiger partial charge in [-0.2, -0.15) is 39.5 Å². The molecule has 2 aromatic rings. The van der Waals surface area contributed by atoms with E-state index in [1.807, 2.05) is 0 Å². The second kappa shape index (κ2) is 9.70. The van der Waals surface area contributed by atoms with Gasteiger partial charge in [0.25, 0.3) is 0 Å². The first-order chi connectivity index (χ1) is 16.6. The lowest BCUT2D eigenvalue weighted by Crippen LogP contribution is -2.16. The molecule has 1 unspecified atom stereocenters. The Bertz CT molecular complexity index is 1200. The first kappa shape index (κ1) is 26.8. The normalized spacial score (nSPS) is 16.9. The van der Waals surface area contributed by atoms with Crippen molar-refractivity contribution in [2.45, 2.75) is 37.4 Å². The van der Waals surface area contributed by atoms with E-state index in [4.69, 9.17) is 0 Å². The molecule has 3 rings (SSSR count). The van der Waals surface area contributed by atoms with Crippen LogP contribution in [-0.2, 0) is 23.3 Å². The number of hydrogen-bond donors (Lipinski definition) is 1. The molecule has 2 aromatic heterocycles. The number of amidine groups is 1. The van der Waals surface area contributed by atoms with Gasteiger partial charge in [-0.15, -0.1) is 0 Å². The van der Waals surface area contributed by atoms with Crippen molar-refractivity contribution in [1.82, 2.24) is 9.97 Å². The minimum absolute atomic E-state index is 0.00588. The van der Waals surface area contributed by atoms with E-state index in [1.165, 1.54) is 12.3 Å². The number of pyridine rings is 2. The first-order valence-electron chi connectivity index (χ1n) is 9.81. The number of carboxylic acid groups (broad SMARTS) is 1. The van der Waals surface area contributed by atoms with Crippen molar-refractivity contribution in [3.05, 3.63) is 64.7 Å². The third-order valence-electron chi connectivity index (χ3n) is 4.73. The summed E-state index contributed by atoms with van der Waals surface area (Å²) in [6.07, 6.45) is -11.9. The first-order valence-corrected chi connectivity index (χ1v) is 9.81. The van der Waals surface area contributed by atoms with Gasteiger partial charge < -0.3 is 5.11 Å². The van der Waals surface area contributed by atoms with Gasteiger partial charge in [-0.25, -0.2) is 14.8 Å². The van der Waals surface area contributed by atoms with Gasteiger partial charge in [0.15, 0.2) is 5.84 Å². The van der Waals surface area contributed by atoms with Crippen LogP contribution in [0.5, 0.6) is 0 Å². The summed E-state index contributed by atoms with van der Waals surface area (Å²) in [5.41, 5.74) is -5.76. The Hall–Kier alpha value is -3.78. The second-order valence-corrected chi connectivity index (χ2v) is 7.35. The van der Waals surface area contributed by atoms with Crippen LogP contribution in [0.15, 0.2) is 46.5 Å². The zero-order valence-electron chi connectivity index (χ0n) is 17.6. The van der Waals surface area contributed by atoms with E-state index in [0.29, 0.717) is 18.2 Å². The molecule has 1 N–H and O–H groups in total. The van der Waals surface area contributed by atoms with Crippen LogP contribution in [0.2, 0.25) is 0 Å². The topological polar surface area (TPSA) is 87.8 Å². The van der Waals surface area contributed by atoms with Crippen LogP contribution in [0.3, 0.4) is 0 Å².